The number of aromatic nitrogens is 2. The second-order valence-electron chi connectivity index (χ2n) is 14.5. The molecule has 0 saturated heterocycles. The molecule has 11 aromatic rings. The zero-order valence-corrected chi connectivity index (χ0v) is 32.5. The lowest BCUT2D eigenvalue weighted by atomic mass is 9.86. The molecule has 0 unspecified atom stereocenters. The van der Waals surface area contributed by atoms with Crippen LogP contribution in [0.1, 0.15) is 13.8 Å². The molecule has 58 heavy (non-hydrogen) atoms. The molecule has 0 atom stereocenters. The molecule has 2 nitrogen and oxygen atoms in total. The molecule has 0 aliphatic carbocycles. The minimum atomic E-state index is 0.731. The first kappa shape index (κ1) is 35.0. The third-order valence-corrected chi connectivity index (χ3v) is 11.4. The van der Waals surface area contributed by atoms with E-state index in [0.717, 1.165) is 22.2 Å². The van der Waals surface area contributed by atoms with E-state index in [2.05, 4.69) is 188 Å². The van der Waals surface area contributed by atoms with Crippen molar-refractivity contribution in [2.24, 2.45) is 0 Å². The van der Waals surface area contributed by atoms with Gasteiger partial charge in [-0.1, -0.05) is 184 Å². The lowest BCUT2D eigenvalue weighted by molar-refractivity contribution is 1.18. The fraction of sp³-hybridized carbons (Fsp3) is 0.0357. The van der Waals surface area contributed by atoms with E-state index in [9.17, 15) is 0 Å². The van der Waals surface area contributed by atoms with Crippen LogP contribution in [-0.4, -0.2) is 9.97 Å². The third-order valence-electron chi connectivity index (χ3n) is 11.4. The summed E-state index contributed by atoms with van der Waals surface area (Å²) in [6, 6.07) is 70.5. The average molecular weight is 741 g/mol. The van der Waals surface area contributed by atoms with Crippen molar-refractivity contribution in [1.82, 2.24) is 9.97 Å². The molecule has 0 radical (unpaired) electrons. The number of nitrogens with zero attached hydrogens (tertiary/aromatic N) is 2. The van der Waals surface area contributed by atoms with Crippen LogP contribution in [0.2, 0.25) is 0 Å². The predicted molar refractivity (Wildman–Crippen MR) is 248 cm³/mol. The molecule has 0 saturated carbocycles. The van der Waals surface area contributed by atoms with Crippen molar-refractivity contribution in [2.45, 2.75) is 13.8 Å². The fourth-order valence-electron chi connectivity index (χ4n) is 8.67. The molecule has 1 heterocycles. The van der Waals surface area contributed by atoms with Gasteiger partial charge in [-0.2, -0.15) is 0 Å². The van der Waals surface area contributed by atoms with Crippen LogP contribution in [0.15, 0.2) is 207 Å². The maximum absolute atomic E-state index is 4.75. The number of rotatable bonds is 5. The molecule has 0 aliphatic heterocycles. The van der Waals surface area contributed by atoms with Gasteiger partial charge in [0.05, 0.1) is 0 Å². The maximum atomic E-state index is 4.75. The van der Waals surface area contributed by atoms with Crippen molar-refractivity contribution in [2.75, 3.05) is 0 Å². The normalized spacial score (nSPS) is 11.3. The van der Waals surface area contributed by atoms with Crippen molar-refractivity contribution < 1.29 is 0 Å². The minimum Gasteiger partial charge on any atom is -0.237 e. The Morgan fingerprint density at radius 3 is 1.53 bits per heavy atom. The van der Waals surface area contributed by atoms with Crippen molar-refractivity contribution in [3.63, 3.8) is 0 Å². The highest BCUT2D eigenvalue weighted by Gasteiger charge is 2.19. The van der Waals surface area contributed by atoms with Gasteiger partial charge >= 0.3 is 0 Å². The van der Waals surface area contributed by atoms with Crippen LogP contribution in [0.5, 0.6) is 0 Å². The predicted octanol–water partition coefficient (Wildman–Crippen LogP) is 15.6. The Kier molecular flexibility index (Phi) is 9.01. The summed E-state index contributed by atoms with van der Waals surface area (Å²) in [4.78, 5) is 9.50. The number of hydrogen-bond donors (Lipinski definition) is 0. The Balaban J connectivity index is 0.00000201. The van der Waals surface area contributed by atoms with E-state index >= 15 is 0 Å². The zero-order valence-electron chi connectivity index (χ0n) is 32.5. The van der Waals surface area contributed by atoms with Gasteiger partial charge in [-0.3, -0.25) is 0 Å². The van der Waals surface area contributed by atoms with Gasteiger partial charge in [0.15, 0.2) is 5.82 Å². The summed E-state index contributed by atoms with van der Waals surface area (Å²) >= 11 is 0. The molecule has 0 spiro atoms. The van der Waals surface area contributed by atoms with Crippen molar-refractivity contribution in [3.8, 4) is 55.9 Å². The van der Waals surface area contributed by atoms with Crippen LogP contribution in [-0.2, 0) is 0 Å². The monoisotopic (exact) mass is 740 g/mol. The van der Waals surface area contributed by atoms with Gasteiger partial charge in [0.1, 0.15) is 0 Å². The van der Waals surface area contributed by atoms with Gasteiger partial charge in [0.25, 0.3) is 0 Å². The number of hydrogen-bond acceptors (Lipinski definition) is 2. The molecule has 0 bridgehead atoms. The molecular formula is C56H40N2. The van der Waals surface area contributed by atoms with Crippen LogP contribution in [0, 0.1) is 0 Å². The van der Waals surface area contributed by atoms with E-state index < -0.39 is 0 Å². The van der Waals surface area contributed by atoms with E-state index in [4.69, 9.17) is 9.97 Å². The van der Waals surface area contributed by atoms with E-state index in [-0.39, 0.29) is 0 Å². The summed E-state index contributed by atoms with van der Waals surface area (Å²) < 4.78 is 0. The van der Waals surface area contributed by atoms with Gasteiger partial charge in [0, 0.05) is 18.0 Å². The quantitative estimate of drug-likeness (QED) is 0.130. The highest BCUT2D eigenvalue weighted by Crippen LogP contribution is 2.44. The Bertz CT molecular complexity index is 3260. The van der Waals surface area contributed by atoms with Gasteiger partial charge in [-0.15, -0.1) is 0 Å². The maximum Gasteiger partial charge on any atom is 0.160 e. The molecule has 0 aliphatic rings. The summed E-state index contributed by atoms with van der Waals surface area (Å²) in [6.07, 6.45) is 3.66. The van der Waals surface area contributed by atoms with Crippen LogP contribution < -0.4 is 0 Å². The first-order valence-electron chi connectivity index (χ1n) is 20.1. The summed E-state index contributed by atoms with van der Waals surface area (Å²) in [7, 11) is 0. The molecule has 10 aromatic carbocycles. The van der Waals surface area contributed by atoms with Crippen molar-refractivity contribution in [3.05, 3.63) is 207 Å². The van der Waals surface area contributed by atoms with Gasteiger partial charge < -0.3 is 0 Å². The van der Waals surface area contributed by atoms with Crippen molar-refractivity contribution >= 4 is 53.9 Å². The van der Waals surface area contributed by atoms with Crippen LogP contribution >= 0.6 is 0 Å². The highest BCUT2D eigenvalue weighted by molar-refractivity contribution is 6.21. The largest absolute Gasteiger partial charge is 0.237 e. The van der Waals surface area contributed by atoms with Gasteiger partial charge in [-0.25, -0.2) is 9.97 Å². The van der Waals surface area contributed by atoms with Gasteiger partial charge in [0.2, 0.25) is 0 Å². The van der Waals surface area contributed by atoms with Crippen LogP contribution in [0.4, 0.5) is 0 Å². The molecule has 0 fully saturated rings. The second-order valence-corrected chi connectivity index (χ2v) is 14.5. The van der Waals surface area contributed by atoms with Gasteiger partial charge in [-0.05, 0) is 123 Å². The third kappa shape index (κ3) is 6.07. The Morgan fingerprint density at radius 2 is 0.810 bits per heavy atom. The van der Waals surface area contributed by atoms with Crippen LogP contribution in [0.3, 0.4) is 0 Å². The number of benzene rings is 10. The zero-order chi connectivity index (χ0) is 39.0. The van der Waals surface area contributed by atoms with Crippen LogP contribution in [0.25, 0.3) is 110 Å². The lowest BCUT2D eigenvalue weighted by Gasteiger charge is -2.18. The first-order valence-corrected chi connectivity index (χ1v) is 20.1. The number of fused-ring (bicyclic) bond motifs is 6. The standard InChI is InChI=1S/C54H34N2.C2H6/c1-2-10-35(11-3-1)42-26-29-49-51(34-42)53(54-55-30-9-31-56-54)48-15-7-6-14-47(48)52(49)39-24-20-37(21-25-39)36-18-22-38(23-19-36)44-16-8-17-45-46(44)28-27-43-32-40-12-4-5-13-41(40)33-50(43)45;1-2/h1-34H;1-2H3. The minimum absolute atomic E-state index is 0.731. The lowest BCUT2D eigenvalue weighted by Crippen LogP contribution is -1.94. The molecule has 0 N–H and O–H groups in total. The average Bonchev–Trinajstić information content (AvgIpc) is 3.31. The molecule has 11 rings (SSSR count). The Morgan fingerprint density at radius 1 is 0.276 bits per heavy atom. The topological polar surface area (TPSA) is 25.8 Å². The summed E-state index contributed by atoms with van der Waals surface area (Å²) in [5.41, 5.74) is 10.6. The SMILES string of the molecule is CC.c1ccc(-c2ccc3c(-c4ccc(-c5ccc(-c6cccc7c6ccc6cc8ccccc8cc67)cc5)cc4)c4ccccc4c(-c4ncccn4)c3c2)cc1. The van der Waals surface area contributed by atoms with E-state index in [1.165, 1.54) is 87.6 Å². The fourth-order valence-corrected chi connectivity index (χ4v) is 8.67. The summed E-state index contributed by atoms with van der Waals surface area (Å²) in [5, 5.41) is 12.3. The summed E-state index contributed by atoms with van der Waals surface area (Å²) in [5.74, 6) is 0.731. The molecule has 2 heteroatoms. The first-order chi connectivity index (χ1) is 28.8. The summed E-state index contributed by atoms with van der Waals surface area (Å²) in [6.45, 7) is 4.00. The van der Waals surface area contributed by atoms with E-state index in [1.807, 2.05) is 32.3 Å². The molecular weight excluding hydrogens is 701 g/mol. The Hall–Kier alpha value is -7.42. The smallest absolute Gasteiger partial charge is 0.160 e. The second kappa shape index (κ2) is 14.9. The van der Waals surface area contributed by atoms with E-state index in [0.29, 0.717) is 0 Å². The van der Waals surface area contributed by atoms with E-state index in [1.54, 1.807) is 0 Å². The Labute approximate surface area is 338 Å². The van der Waals surface area contributed by atoms with Crippen molar-refractivity contribution in [1.29, 1.82) is 0 Å². The molecule has 1 aromatic heterocycles. The highest BCUT2D eigenvalue weighted by atomic mass is 14.9. The molecule has 274 valence electrons. The molecule has 0 amide bonds.